The Kier molecular flexibility index (Phi) is 2.52. The van der Waals surface area contributed by atoms with Crippen molar-refractivity contribution in [3.05, 3.63) is 30.1 Å². The molecule has 0 bridgehead atoms. The molecule has 5 heteroatoms. The minimum absolute atomic E-state index is 0.0249. The van der Waals surface area contributed by atoms with Gasteiger partial charge in [0.05, 0.1) is 4.90 Å². The quantitative estimate of drug-likeness (QED) is 0.789. The van der Waals surface area contributed by atoms with Crippen LogP contribution in [0.2, 0.25) is 0 Å². The summed E-state index contributed by atoms with van der Waals surface area (Å²) >= 11 is 0. The maximum atomic E-state index is 12.9. The number of hydrogen-bond acceptors (Lipinski definition) is 2. The summed E-state index contributed by atoms with van der Waals surface area (Å²) in [6, 6.07) is 5.20. The number of hydrogen-bond donors (Lipinski definition) is 0. The Morgan fingerprint density at radius 1 is 1.40 bits per heavy atom. The largest absolute Gasteiger partial charge is 0.243 e. The third-order valence-corrected chi connectivity index (χ3v) is 4.44. The van der Waals surface area contributed by atoms with Gasteiger partial charge in [-0.3, -0.25) is 0 Å². The third-order valence-electron chi connectivity index (χ3n) is 2.53. The molecule has 0 N–H and O–H groups in total. The van der Waals surface area contributed by atoms with E-state index in [1.807, 2.05) is 0 Å². The molecule has 82 valence electrons. The molecule has 0 spiro atoms. The van der Waals surface area contributed by atoms with Gasteiger partial charge in [0.1, 0.15) is 5.82 Å². The van der Waals surface area contributed by atoms with Gasteiger partial charge in [-0.25, -0.2) is 12.8 Å². The number of rotatable bonds is 3. The molecule has 0 radical (unpaired) electrons. The molecular weight excluding hydrogens is 217 g/mol. The molecule has 1 aromatic carbocycles. The fourth-order valence-electron chi connectivity index (χ4n) is 1.43. The van der Waals surface area contributed by atoms with Crippen LogP contribution in [0.4, 0.5) is 4.39 Å². The Hall–Kier alpha value is -0.940. The van der Waals surface area contributed by atoms with Crippen LogP contribution in [0.5, 0.6) is 0 Å². The molecule has 2 rings (SSSR count). The van der Waals surface area contributed by atoms with E-state index in [1.54, 1.807) is 0 Å². The van der Waals surface area contributed by atoms with E-state index in [2.05, 4.69) is 0 Å². The Morgan fingerprint density at radius 3 is 2.60 bits per heavy atom. The van der Waals surface area contributed by atoms with Crippen LogP contribution in [0.3, 0.4) is 0 Å². The lowest BCUT2D eigenvalue weighted by Gasteiger charge is -2.16. The predicted octanol–water partition coefficient (Wildman–Crippen LogP) is 1.61. The van der Waals surface area contributed by atoms with Gasteiger partial charge >= 0.3 is 0 Å². The smallest absolute Gasteiger partial charge is 0.207 e. The molecule has 0 atom stereocenters. The lowest BCUT2D eigenvalue weighted by Crippen LogP contribution is -2.28. The van der Waals surface area contributed by atoms with Gasteiger partial charge in [-0.1, -0.05) is 6.07 Å². The molecule has 0 unspecified atom stereocenters. The molecule has 0 aromatic heterocycles. The average Bonchev–Trinajstić information content (AvgIpc) is 3.00. The second-order valence-corrected chi connectivity index (χ2v) is 5.71. The number of benzene rings is 1. The van der Waals surface area contributed by atoms with Crippen LogP contribution in [0.15, 0.2) is 29.2 Å². The fraction of sp³-hybridized carbons (Fsp3) is 0.400. The van der Waals surface area contributed by atoms with Gasteiger partial charge < -0.3 is 0 Å². The Morgan fingerprint density at radius 2 is 2.07 bits per heavy atom. The second kappa shape index (κ2) is 3.57. The van der Waals surface area contributed by atoms with Gasteiger partial charge in [-0.15, -0.1) is 0 Å². The SMILES string of the molecule is CN(C1CC1)S(=O)(=O)c1cccc(F)c1. The van der Waals surface area contributed by atoms with Crippen molar-refractivity contribution in [3.63, 3.8) is 0 Å². The topological polar surface area (TPSA) is 37.4 Å². The minimum atomic E-state index is -3.50. The van der Waals surface area contributed by atoms with Gasteiger partial charge in [-0.2, -0.15) is 4.31 Å². The average molecular weight is 229 g/mol. The number of nitrogens with zero attached hydrogens (tertiary/aromatic N) is 1. The predicted molar refractivity (Wildman–Crippen MR) is 54.4 cm³/mol. The lowest BCUT2D eigenvalue weighted by molar-refractivity contribution is 0.463. The van der Waals surface area contributed by atoms with E-state index in [1.165, 1.54) is 29.6 Å². The van der Waals surface area contributed by atoms with Crippen LogP contribution in [0.1, 0.15) is 12.8 Å². The first-order valence-electron chi connectivity index (χ1n) is 4.75. The van der Waals surface area contributed by atoms with Gasteiger partial charge in [0.25, 0.3) is 0 Å². The summed E-state index contributed by atoms with van der Waals surface area (Å²) in [7, 11) is -1.97. The molecule has 3 nitrogen and oxygen atoms in total. The van der Waals surface area contributed by atoms with E-state index in [0.29, 0.717) is 0 Å². The highest BCUT2D eigenvalue weighted by atomic mass is 32.2. The van der Waals surface area contributed by atoms with E-state index in [9.17, 15) is 12.8 Å². The highest BCUT2D eigenvalue weighted by Gasteiger charge is 2.34. The summed E-state index contributed by atoms with van der Waals surface area (Å²) in [6.07, 6.45) is 1.79. The second-order valence-electron chi connectivity index (χ2n) is 3.71. The molecule has 0 heterocycles. The van der Waals surface area contributed by atoms with Crippen molar-refractivity contribution in [1.29, 1.82) is 0 Å². The van der Waals surface area contributed by atoms with E-state index < -0.39 is 15.8 Å². The molecule has 1 aromatic rings. The first-order valence-corrected chi connectivity index (χ1v) is 6.19. The van der Waals surface area contributed by atoms with E-state index in [4.69, 9.17) is 0 Å². The molecule has 1 aliphatic rings. The summed E-state index contributed by atoms with van der Waals surface area (Å²) in [4.78, 5) is 0.0249. The normalized spacial score (nSPS) is 17.0. The van der Waals surface area contributed by atoms with Crippen LogP contribution in [-0.4, -0.2) is 25.8 Å². The standard InChI is InChI=1S/C10H12FNO2S/c1-12(9-5-6-9)15(13,14)10-4-2-3-8(11)7-10/h2-4,7,9H,5-6H2,1H3. The third kappa shape index (κ3) is 2.03. The van der Waals surface area contributed by atoms with Crippen LogP contribution in [0, 0.1) is 5.82 Å². The van der Waals surface area contributed by atoms with E-state index in [-0.39, 0.29) is 10.9 Å². The molecule has 1 saturated carbocycles. The molecular formula is C10H12FNO2S. The zero-order chi connectivity index (χ0) is 11.1. The highest BCUT2D eigenvalue weighted by molar-refractivity contribution is 7.89. The first-order chi connectivity index (χ1) is 7.01. The Bertz CT molecular complexity index is 468. The highest BCUT2D eigenvalue weighted by Crippen LogP contribution is 2.30. The van der Waals surface area contributed by atoms with Crippen molar-refractivity contribution in [3.8, 4) is 0 Å². The van der Waals surface area contributed by atoms with Crippen molar-refractivity contribution >= 4 is 10.0 Å². The minimum Gasteiger partial charge on any atom is -0.207 e. The van der Waals surface area contributed by atoms with Crippen LogP contribution < -0.4 is 0 Å². The zero-order valence-electron chi connectivity index (χ0n) is 8.35. The Labute approximate surface area is 88.6 Å². The molecule has 0 saturated heterocycles. The summed E-state index contributed by atoms with van der Waals surface area (Å²) in [6.45, 7) is 0. The first kappa shape index (κ1) is 10.6. The number of halogens is 1. The summed E-state index contributed by atoms with van der Waals surface area (Å²) in [5.41, 5.74) is 0. The lowest BCUT2D eigenvalue weighted by atomic mass is 10.4. The van der Waals surface area contributed by atoms with Crippen LogP contribution in [-0.2, 0) is 10.0 Å². The number of sulfonamides is 1. The molecule has 1 fully saturated rings. The zero-order valence-corrected chi connectivity index (χ0v) is 9.17. The molecule has 1 aliphatic carbocycles. The summed E-state index contributed by atoms with van der Waals surface area (Å²) in [5, 5.41) is 0. The van der Waals surface area contributed by atoms with Crippen molar-refractivity contribution in [2.24, 2.45) is 0 Å². The van der Waals surface area contributed by atoms with Crippen molar-refractivity contribution < 1.29 is 12.8 Å². The summed E-state index contributed by atoms with van der Waals surface area (Å²) < 4.78 is 38.1. The maximum absolute atomic E-state index is 12.9. The van der Waals surface area contributed by atoms with Crippen LogP contribution >= 0.6 is 0 Å². The van der Waals surface area contributed by atoms with Crippen LogP contribution in [0.25, 0.3) is 0 Å². The fourth-order valence-corrected chi connectivity index (χ4v) is 2.88. The maximum Gasteiger partial charge on any atom is 0.243 e. The summed E-state index contributed by atoms with van der Waals surface area (Å²) in [5.74, 6) is -0.528. The van der Waals surface area contributed by atoms with Crippen molar-refractivity contribution in [2.75, 3.05) is 7.05 Å². The van der Waals surface area contributed by atoms with Gasteiger partial charge in [0, 0.05) is 13.1 Å². The molecule has 0 aliphatic heterocycles. The Balaban J connectivity index is 2.36. The molecule has 0 amide bonds. The van der Waals surface area contributed by atoms with E-state index in [0.717, 1.165) is 18.9 Å². The van der Waals surface area contributed by atoms with Crippen molar-refractivity contribution in [2.45, 2.75) is 23.8 Å². The van der Waals surface area contributed by atoms with Gasteiger partial charge in [0.2, 0.25) is 10.0 Å². The molecule has 15 heavy (non-hydrogen) atoms. The van der Waals surface area contributed by atoms with Gasteiger partial charge in [0.15, 0.2) is 0 Å². The monoisotopic (exact) mass is 229 g/mol. The van der Waals surface area contributed by atoms with E-state index >= 15 is 0 Å². The van der Waals surface area contributed by atoms with Crippen molar-refractivity contribution in [1.82, 2.24) is 4.31 Å². The van der Waals surface area contributed by atoms with Gasteiger partial charge in [-0.05, 0) is 31.0 Å².